The zero-order valence-corrected chi connectivity index (χ0v) is 14.5. The van der Waals surface area contributed by atoms with Crippen molar-refractivity contribution in [1.82, 2.24) is 15.4 Å². The van der Waals surface area contributed by atoms with Crippen LogP contribution in [0.2, 0.25) is 0 Å². The summed E-state index contributed by atoms with van der Waals surface area (Å²) in [5, 5.41) is 6.91. The second-order valence-electron chi connectivity index (χ2n) is 6.57. The van der Waals surface area contributed by atoms with Crippen molar-refractivity contribution in [3.05, 3.63) is 53.2 Å². The lowest BCUT2D eigenvalue weighted by molar-refractivity contribution is 0.0916. The molecule has 0 unspecified atom stereocenters. The van der Waals surface area contributed by atoms with Crippen molar-refractivity contribution in [2.45, 2.75) is 38.6 Å². The molecule has 134 valence electrons. The molecule has 1 saturated heterocycles. The summed E-state index contributed by atoms with van der Waals surface area (Å²) in [5.41, 5.74) is 1.94. The molecule has 1 amide bonds. The predicted molar refractivity (Wildman–Crippen MR) is 92.8 cm³/mol. The Kier molecular flexibility index (Phi) is 5.81. The maximum atomic E-state index is 13.0. The number of benzene rings is 1. The van der Waals surface area contributed by atoms with Crippen LogP contribution in [-0.4, -0.2) is 35.6 Å². The number of carbonyl (C=O) groups is 1. The number of nitrogens with one attached hydrogen (secondary N) is 1. The second-order valence-corrected chi connectivity index (χ2v) is 6.57. The Morgan fingerprint density at radius 1 is 1.40 bits per heavy atom. The third kappa shape index (κ3) is 4.66. The first-order valence-corrected chi connectivity index (χ1v) is 8.87. The van der Waals surface area contributed by atoms with E-state index in [1.165, 1.54) is 12.1 Å². The van der Waals surface area contributed by atoms with Gasteiger partial charge in [0.1, 0.15) is 5.82 Å². The second kappa shape index (κ2) is 8.25. The number of rotatable bonds is 6. The summed E-state index contributed by atoms with van der Waals surface area (Å²) in [6.07, 6.45) is 2.98. The van der Waals surface area contributed by atoms with Crippen LogP contribution in [0.4, 0.5) is 4.39 Å². The number of carbonyl (C=O) groups excluding carboxylic acids is 1. The summed E-state index contributed by atoms with van der Waals surface area (Å²) in [7, 11) is 0. The summed E-state index contributed by atoms with van der Waals surface area (Å²) < 4.78 is 18.3. The van der Waals surface area contributed by atoms with Crippen molar-refractivity contribution < 1.29 is 13.7 Å². The summed E-state index contributed by atoms with van der Waals surface area (Å²) in [5.74, 6) is 0.112. The fourth-order valence-corrected chi connectivity index (χ4v) is 3.20. The molecule has 0 spiro atoms. The van der Waals surface area contributed by atoms with E-state index in [0.717, 1.165) is 50.2 Å². The smallest absolute Gasteiger partial charge is 0.289 e. The Balaban J connectivity index is 1.60. The van der Waals surface area contributed by atoms with Gasteiger partial charge in [0.05, 0.1) is 5.69 Å². The van der Waals surface area contributed by atoms with Crippen molar-refractivity contribution in [2.24, 2.45) is 0 Å². The monoisotopic (exact) mass is 345 g/mol. The number of aromatic nitrogens is 1. The average molecular weight is 345 g/mol. The average Bonchev–Trinajstić information content (AvgIpc) is 3.12. The van der Waals surface area contributed by atoms with Crippen LogP contribution >= 0.6 is 0 Å². The molecule has 25 heavy (non-hydrogen) atoms. The van der Waals surface area contributed by atoms with E-state index in [9.17, 15) is 9.18 Å². The minimum Gasteiger partial charge on any atom is -0.351 e. The zero-order chi connectivity index (χ0) is 17.6. The molecule has 3 rings (SSSR count). The van der Waals surface area contributed by atoms with Gasteiger partial charge in [-0.3, -0.25) is 9.69 Å². The van der Waals surface area contributed by atoms with E-state index >= 15 is 0 Å². The van der Waals surface area contributed by atoms with Gasteiger partial charge in [0.25, 0.3) is 5.91 Å². The quantitative estimate of drug-likeness (QED) is 0.872. The molecular weight excluding hydrogens is 321 g/mol. The lowest BCUT2D eigenvalue weighted by atomic mass is 9.94. The van der Waals surface area contributed by atoms with Gasteiger partial charge in [-0.05, 0) is 43.5 Å². The lowest BCUT2D eigenvalue weighted by Gasteiger charge is -2.31. The molecule has 1 aliphatic heterocycles. The highest BCUT2D eigenvalue weighted by atomic mass is 19.1. The first-order chi connectivity index (χ1) is 12.2. The molecule has 1 aliphatic rings. The Bertz CT molecular complexity index is 699. The number of nitrogens with zero attached hydrogens (tertiary/aromatic N) is 2. The maximum absolute atomic E-state index is 13.0. The molecule has 1 aromatic heterocycles. The molecule has 2 aromatic rings. The molecule has 0 aliphatic carbocycles. The van der Waals surface area contributed by atoms with E-state index in [-0.39, 0.29) is 23.4 Å². The molecular formula is C19H24FN3O2. The standard InChI is InChI=1S/C19H24FN3O2/c1-2-9-21-19(24)18-11-17(22-25-18)15-4-3-10-23(13-15)12-14-5-7-16(20)8-6-14/h5-8,11,15H,2-4,9-10,12-13H2,1H3,(H,21,24)/t15-/m0/s1. The van der Waals surface area contributed by atoms with E-state index in [1.807, 2.05) is 19.1 Å². The van der Waals surface area contributed by atoms with Crippen molar-refractivity contribution in [1.29, 1.82) is 0 Å². The number of hydrogen-bond donors (Lipinski definition) is 1. The topological polar surface area (TPSA) is 58.4 Å². The first kappa shape index (κ1) is 17.6. The molecule has 1 atom stereocenters. The van der Waals surface area contributed by atoms with Crippen LogP contribution < -0.4 is 5.32 Å². The maximum Gasteiger partial charge on any atom is 0.289 e. The predicted octanol–water partition coefficient (Wildman–Crippen LogP) is 3.33. The third-order valence-electron chi connectivity index (χ3n) is 4.53. The van der Waals surface area contributed by atoms with E-state index in [0.29, 0.717) is 6.54 Å². The molecule has 0 bridgehead atoms. The van der Waals surface area contributed by atoms with Crippen LogP contribution in [0.5, 0.6) is 0 Å². The highest BCUT2D eigenvalue weighted by Gasteiger charge is 2.25. The van der Waals surface area contributed by atoms with Crippen molar-refractivity contribution in [3.8, 4) is 0 Å². The number of piperidine rings is 1. The van der Waals surface area contributed by atoms with Gasteiger partial charge in [-0.25, -0.2) is 4.39 Å². The molecule has 1 N–H and O–H groups in total. The van der Waals surface area contributed by atoms with Crippen LogP contribution in [0.25, 0.3) is 0 Å². The Morgan fingerprint density at radius 3 is 2.96 bits per heavy atom. The molecule has 2 heterocycles. The van der Waals surface area contributed by atoms with Crippen molar-refractivity contribution >= 4 is 5.91 Å². The highest BCUT2D eigenvalue weighted by Crippen LogP contribution is 2.27. The third-order valence-corrected chi connectivity index (χ3v) is 4.53. The van der Waals surface area contributed by atoms with Crippen LogP contribution in [0.3, 0.4) is 0 Å². The highest BCUT2D eigenvalue weighted by molar-refractivity contribution is 5.91. The van der Waals surface area contributed by atoms with Gasteiger partial charge in [0.2, 0.25) is 5.76 Å². The number of halogens is 1. The van der Waals surface area contributed by atoms with Crippen molar-refractivity contribution in [2.75, 3.05) is 19.6 Å². The molecule has 1 fully saturated rings. The van der Waals surface area contributed by atoms with E-state index in [1.54, 1.807) is 6.07 Å². The van der Waals surface area contributed by atoms with Crippen molar-refractivity contribution in [3.63, 3.8) is 0 Å². The van der Waals surface area contributed by atoms with E-state index in [4.69, 9.17) is 4.52 Å². The normalized spacial score (nSPS) is 18.2. The van der Waals surface area contributed by atoms with Crippen LogP contribution in [0.1, 0.15) is 53.9 Å². The minimum absolute atomic E-state index is 0.209. The van der Waals surface area contributed by atoms with Gasteiger partial charge in [-0.2, -0.15) is 0 Å². The molecule has 6 heteroatoms. The number of likely N-dealkylation sites (tertiary alicyclic amines) is 1. The summed E-state index contributed by atoms with van der Waals surface area (Å²) in [4.78, 5) is 14.3. The zero-order valence-electron chi connectivity index (χ0n) is 14.5. The van der Waals surface area contributed by atoms with Crippen LogP contribution in [0, 0.1) is 5.82 Å². The van der Waals surface area contributed by atoms with E-state index < -0.39 is 0 Å². The van der Waals surface area contributed by atoms with E-state index in [2.05, 4.69) is 15.4 Å². The van der Waals surface area contributed by atoms with Gasteiger partial charge < -0.3 is 9.84 Å². The van der Waals surface area contributed by atoms with Gasteiger partial charge in [-0.15, -0.1) is 0 Å². The van der Waals surface area contributed by atoms with Gasteiger partial charge in [0, 0.05) is 31.6 Å². The van der Waals surface area contributed by atoms with Crippen LogP contribution in [0.15, 0.2) is 34.9 Å². The SMILES string of the molecule is CCCNC(=O)c1cc([C@H]2CCCN(Cc3ccc(F)cc3)C2)no1. The number of hydrogen-bond acceptors (Lipinski definition) is 4. The van der Waals surface area contributed by atoms with Crippen LogP contribution in [-0.2, 0) is 6.54 Å². The molecule has 0 saturated carbocycles. The summed E-state index contributed by atoms with van der Waals surface area (Å²) in [6, 6.07) is 8.40. The lowest BCUT2D eigenvalue weighted by Crippen LogP contribution is -2.34. The number of amides is 1. The molecule has 5 nitrogen and oxygen atoms in total. The van der Waals surface area contributed by atoms with Gasteiger partial charge in [-0.1, -0.05) is 24.2 Å². The largest absolute Gasteiger partial charge is 0.351 e. The van der Waals surface area contributed by atoms with Gasteiger partial charge >= 0.3 is 0 Å². The summed E-state index contributed by atoms with van der Waals surface area (Å²) in [6.45, 7) is 5.29. The fourth-order valence-electron chi connectivity index (χ4n) is 3.20. The first-order valence-electron chi connectivity index (χ1n) is 8.87. The Hall–Kier alpha value is -2.21. The minimum atomic E-state index is -0.211. The van der Waals surface area contributed by atoms with Gasteiger partial charge in [0.15, 0.2) is 0 Å². The molecule has 0 radical (unpaired) electrons. The Morgan fingerprint density at radius 2 is 2.20 bits per heavy atom. The molecule has 1 aromatic carbocycles. The Labute approximate surface area is 147 Å². The fraction of sp³-hybridized carbons (Fsp3) is 0.474. The summed E-state index contributed by atoms with van der Waals surface area (Å²) >= 11 is 0.